The summed E-state index contributed by atoms with van der Waals surface area (Å²) in [7, 11) is -1.33. The summed E-state index contributed by atoms with van der Waals surface area (Å²) in [4.78, 5) is 6.27. The smallest absolute Gasteiger partial charge is 0.193 e. The van der Waals surface area contributed by atoms with E-state index in [-0.39, 0.29) is 29.7 Å². The van der Waals surface area contributed by atoms with Crippen LogP contribution in [-0.4, -0.2) is 63.1 Å². The maximum absolute atomic E-state index is 12.1. The number of ether oxygens (including phenoxy) is 1. The van der Waals surface area contributed by atoms with E-state index in [0.717, 1.165) is 18.1 Å². The Hall–Kier alpha value is -0.810. The molecule has 0 aliphatic carbocycles. The number of halogens is 1. The van der Waals surface area contributed by atoms with Crippen molar-refractivity contribution in [1.82, 2.24) is 10.2 Å². The molecule has 0 spiro atoms. The number of hydrogen-bond acceptors (Lipinski definition) is 5. The molecular weight excluding hydrogens is 457 g/mol. The molecule has 144 valence electrons. The molecule has 9 heteroatoms. The van der Waals surface area contributed by atoms with Crippen LogP contribution < -0.4 is 5.32 Å². The summed E-state index contributed by atoms with van der Waals surface area (Å²) >= 11 is 0. The van der Waals surface area contributed by atoms with Crippen LogP contribution in [-0.2, 0) is 21.2 Å². The molecule has 1 aliphatic rings. The van der Waals surface area contributed by atoms with Crippen LogP contribution in [0.3, 0.4) is 0 Å². The van der Waals surface area contributed by atoms with Gasteiger partial charge in [0.15, 0.2) is 15.8 Å². The van der Waals surface area contributed by atoms with Gasteiger partial charge in [0.25, 0.3) is 0 Å². The van der Waals surface area contributed by atoms with Gasteiger partial charge in [-0.3, -0.25) is 4.99 Å². The van der Waals surface area contributed by atoms with Gasteiger partial charge in [0.1, 0.15) is 12.4 Å². The van der Waals surface area contributed by atoms with E-state index in [1.807, 2.05) is 17.0 Å². The highest BCUT2D eigenvalue weighted by Crippen LogP contribution is 2.23. The summed E-state index contributed by atoms with van der Waals surface area (Å²) in [6.07, 6.45) is 2.46. The minimum absolute atomic E-state index is 0. The van der Waals surface area contributed by atoms with E-state index in [1.165, 1.54) is 0 Å². The van der Waals surface area contributed by atoms with Crippen LogP contribution in [0.15, 0.2) is 27.8 Å². The Labute approximate surface area is 167 Å². The Kier molecular flexibility index (Phi) is 8.69. The molecule has 1 aliphatic heterocycles. The molecule has 1 fully saturated rings. The first-order valence-corrected chi connectivity index (χ1v) is 9.79. The highest BCUT2D eigenvalue weighted by molar-refractivity contribution is 14.0. The molecule has 1 aromatic rings. The molecule has 2 rings (SSSR count). The lowest BCUT2D eigenvalue weighted by Crippen LogP contribution is -2.57. The van der Waals surface area contributed by atoms with Crippen LogP contribution in [0.25, 0.3) is 0 Å². The predicted octanol–water partition coefficient (Wildman–Crippen LogP) is 1.89. The van der Waals surface area contributed by atoms with Gasteiger partial charge in [-0.2, -0.15) is 0 Å². The van der Waals surface area contributed by atoms with Gasteiger partial charge in [0.05, 0.1) is 16.8 Å². The molecule has 0 atom stereocenters. The van der Waals surface area contributed by atoms with Crippen molar-refractivity contribution in [2.75, 3.05) is 39.0 Å². The topological polar surface area (TPSA) is 84.1 Å². The molecule has 0 aromatic carbocycles. The summed E-state index contributed by atoms with van der Waals surface area (Å²) in [5.41, 5.74) is 0. The molecule has 0 saturated carbocycles. The zero-order valence-corrected chi connectivity index (χ0v) is 18.2. The van der Waals surface area contributed by atoms with Crippen LogP contribution in [0.4, 0.5) is 0 Å². The van der Waals surface area contributed by atoms with Crippen molar-refractivity contribution < 1.29 is 17.6 Å². The van der Waals surface area contributed by atoms with E-state index in [4.69, 9.17) is 9.15 Å². The van der Waals surface area contributed by atoms with E-state index in [1.54, 1.807) is 27.2 Å². The fourth-order valence-corrected chi connectivity index (χ4v) is 3.96. The quantitative estimate of drug-likeness (QED) is 0.287. The molecule has 7 nitrogen and oxygen atoms in total. The maximum atomic E-state index is 12.1. The second-order valence-corrected chi connectivity index (χ2v) is 9.20. The van der Waals surface area contributed by atoms with Crippen molar-refractivity contribution in [2.24, 2.45) is 4.99 Å². The van der Waals surface area contributed by atoms with Gasteiger partial charge >= 0.3 is 0 Å². The van der Waals surface area contributed by atoms with Crippen LogP contribution in [0.1, 0.15) is 26.0 Å². The second-order valence-electron chi connectivity index (χ2n) is 6.46. The van der Waals surface area contributed by atoms with E-state index in [2.05, 4.69) is 10.3 Å². The fourth-order valence-electron chi connectivity index (χ4n) is 2.60. The first-order chi connectivity index (χ1) is 11.4. The Balaban J connectivity index is 0.00000312. The Morgan fingerprint density at radius 3 is 2.84 bits per heavy atom. The number of furan rings is 1. The van der Waals surface area contributed by atoms with Gasteiger partial charge < -0.3 is 19.4 Å². The van der Waals surface area contributed by atoms with Gasteiger partial charge in [0, 0.05) is 33.3 Å². The Morgan fingerprint density at radius 1 is 1.48 bits per heavy atom. The Bertz CT molecular complexity index is 644. The van der Waals surface area contributed by atoms with Gasteiger partial charge in [-0.25, -0.2) is 8.42 Å². The third-order valence-corrected chi connectivity index (χ3v) is 6.66. The van der Waals surface area contributed by atoms with E-state index < -0.39 is 14.6 Å². The van der Waals surface area contributed by atoms with Crippen molar-refractivity contribution in [2.45, 2.75) is 31.6 Å². The summed E-state index contributed by atoms with van der Waals surface area (Å²) in [5.74, 6) is 1.71. The molecule has 1 saturated heterocycles. The molecule has 25 heavy (non-hydrogen) atoms. The van der Waals surface area contributed by atoms with Crippen LogP contribution >= 0.6 is 24.0 Å². The first-order valence-electron chi connectivity index (χ1n) is 8.14. The number of aliphatic imine (C=N–C) groups is 1. The third-order valence-electron chi connectivity index (χ3n) is 4.13. The summed E-state index contributed by atoms with van der Waals surface area (Å²) in [5, 5.41) is 3.28. The number of hydrogen-bond donors (Lipinski definition) is 1. The number of nitrogens with one attached hydrogen (secondary N) is 1. The lowest BCUT2D eigenvalue weighted by atomic mass is 10.2. The molecule has 1 N–H and O–H groups in total. The van der Waals surface area contributed by atoms with Crippen LogP contribution in [0.5, 0.6) is 0 Å². The predicted molar refractivity (Wildman–Crippen MR) is 109 cm³/mol. The monoisotopic (exact) mass is 485 g/mol. The molecule has 0 amide bonds. The average Bonchev–Trinajstić information content (AvgIpc) is 3.03. The highest BCUT2D eigenvalue weighted by Gasteiger charge is 2.40. The van der Waals surface area contributed by atoms with Gasteiger partial charge in [0.2, 0.25) is 0 Å². The number of guanidine groups is 1. The molecular formula is C16H28IN3O4S. The molecule has 2 heterocycles. The maximum Gasteiger partial charge on any atom is 0.193 e. The number of nitrogens with zero attached hydrogens (tertiary/aromatic N) is 2. The molecule has 1 aromatic heterocycles. The summed E-state index contributed by atoms with van der Waals surface area (Å²) in [6, 6.07) is 3.72. The van der Waals surface area contributed by atoms with Gasteiger partial charge in [-0.1, -0.05) is 0 Å². The largest absolute Gasteiger partial charge is 0.467 e. The number of rotatable bonds is 6. The molecule has 0 radical (unpaired) electrons. The molecule has 0 bridgehead atoms. The first kappa shape index (κ1) is 22.2. The van der Waals surface area contributed by atoms with Crippen molar-refractivity contribution in [1.29, 1.82) is 0 Å². The lowest BCUT2D eigenvalue weighted by molar-refractivity contribution is 0.104. The minimum atomic E-state index is -3.04. The second kappa shape index (κ2) is 9.77. The highest BCUT2D eigenvalue weighted by atomic mass is 127. The van der Waals surface area contributed by atoms with Gasteiger partial charge in [-0.05, 0) is 32.4 Å². The third kappa shape index (κ3) is 6.14. The summed E-state index contributed by atoms with van der Waals surface area (Å²) in [6.45, 7) is 6.26. The standard InChI is InChI=1S/C16H27N3O4S.HI/c1-16(2)13-19(8-11-24(16,20)21)15(17-3)18-7-5-9-22-12-14-6-4-10-23-14;/h4,6,10H,5,7-9,11-13H2,1-3H3,(H,17,18);1H. The minimum Gasteiger partial charge on any atom is -0.467 e. The summed E-state index contributed by atoms with van der Waals surface area (Å²) < 4.78 is 34.1. The zero-order valence-electron chi connectivity index (χ0n) is 15.0. The van der Waals surface area contributed by atoms with Crippen LogP contribution in [0, 0.1) is 0 Å². The Morgan fingerprint density at radius 2 is 2.24 bits per heavy atom. The average molecular weight is 485 g/mol. The van der Waals surface area contributed by atoms with Crippen LogP contribution in [0.2, 0.25) is 0 Å². The van der Waals surface area contributed by atoms with Crippen molar-refractivity contribution in [3.8, 4) is 0 Å². The van der Waals surface area contributed by atoms with E-state index >= 15 is 0 Å². The SMILES string of the molecule is CN=C(NCCCOCc1ccco1)N1CCS(=O)(=O)C(C)(C)C1.I. The van der Waals surface area contributed by atoms with Crippen molar-refractivity contribution >= 4 is 39.8 Å². The number of sulfone groups is 1. The van der Waals surface area contributed by atoms with Crippen molar-refractivity contribution in [3.63, 3.8) is 0 Å². The van der Waals surface area contributed by atoms with E-state index in [0.29, 0.717) is 32.8 Å². The zero-order chi connectivity index (χ0) is 17.6. The van der Waals surface area contributed by atoms with E-state index in [9.17, 15) is 8.42 Å². The normalized spacial score (nSPS) is 19.3. The lowest BCUT2D eigenvalue weighted by Gasteiger charge is -2.39. The van der Waals surface area contributed by atoms with Gasteiger partial charge in [-0.15, -0.1) is 24.0 Å². The fraction of sp³-hybridized carbons (Fsp3) is 0.688. The van der Waals surface area contributed by atoms with Crippen molar-refractivity contribution in [3.05, 3.63) is 24.2 Å². The molecule has 0 unspecified atom stereocenters.